The summed E-state index contributed by atoms with van der Waals surface area (Å²) >= 11 is 7.64. The van der Waals surface area contributed by atoms with E-state index in [1.807, 2.05) is 24.3 Å². The predicted octanol–water partition coefficient (Wildman–Crippen LogP) is 3.32. The average Bonchev–Trinajstić information content (AvgIpc) is 2.74. The van der Waals surface area contributed by atoms with Crippen LogP contribution in [0.1, 0.15) is 12.0 Å². The number of rotatable bonds is 10. The van der Waals surface area contributed by atoms with Crippen LogP contribution >= 0.6 is 23.4 Å². The zero-order chi connectivity index (χ0) is 22.3. The Bertz CT molecular complexity index is 999. The minimum absolute atomic E-state index is 0.295. The summed E-state index contributed by atoms with van der Waals surface area (Å²) in [6.45, 7) is 1.02. The fourth-order valence-corrected chi connectivity index (χ4v) is 4.84. The van der Waals surface area contributed by atoms with E-state index in [2.05, 4.69) is 5.32 Å². The first-order valence-electron chi connectivity index (χ1n) is 9.79. The largest absolute Gasteiger partial charge is 0.486 e. The summed E-state index contributed by atoms with van der Waals surface area (Å²) in [5, 5.41) is 3.51. The molecule has 31 heavy (non-hydrogen) atoms. The molecule has 0 radical (unpaired) electrons. The summed E-state index contributed by atoms with van der Waals surface area (Å²) < 4.78 is 36.6. The highest BCUT2D eigenvalue weighted by Crippen LogP contribution is 2.34. The van der Waals surface area contributed by atoms with Gasteiger partial charge in [-0.15, -0.1) is 0 Å². The first kappa shape index (κ1) is 23.6. The Labute approximate surface area is 192 Å². The number of anilines is 1. The lowest BCUT2D eigenvalue weighted by molar-refractivity contribution is -0.119. The van der Waals surface area contributed by atoms with Crippen LogP contribution in [0.25, 0.3) is 0 Å². The Kier molecular flexibility index (Phi) is 8.34. The second-order valence-electron chi connectivity index (χ2n) is 6.98. The van der Waals surface area contributed by atoms with E-state index >= 15 is 0 Å². The zero-order valence-corrected chi connectivity index (χ0v) is 19.6. The van der Waals surface area contributed by atoms with Crippen molar-refractivity contribution >= 4 is 45.0 Å². The Balaban J connectivity index is 1.46. The Morgan fingerprint density at radius 3 is 2.55 bits per heavy atom. The minimum atomic E-state index is -3.65. The smallest absolute Gasteiger partial charge is 0.240 e. The third kappa shape index (κ3) is 7.22. The number of sulfonamides is 1. The fraction of sp³-hybridized carbons (Fsp3) is 0.381. The van der Waals surface area contributed by atoms with E-state index in [-0.39, 0.29) is 12.5 Å². The summed E-state index contributed by atoms with van der Waals surface area (Å²) in [5.74, 6) is 2.42. The van der Waals surface area contributed by atoms with Gasteiger partial charge in [-0.3, -0.25) is 9.10 Å². The van der Waals surface area contributed by atoms with Gasteiger partial charge in [0.15, 0.2) is 11.5 Å². The lowest BCUT2D eigenvalue weighted by Crippen LogP contribution is -2.40. The van der Waals surface area contributed by atoms with Crippen molar-refractivity contribution in [3.05, 3.63) is 53.1 Å². The number of carbonyl (C=O) groups is 1. The van der Waals surface area contributed by atoms with Crippen LogP contribution in [-0.4, -0.2) is 52.6 Å². The average molecular weight is 485 g/mol. The van der Waals surface area contributed by atoms with Gasteiger partial charge in [0.2, 0.25) is 15.9 Å². The first-order chi connectivity index (χ1) is 14.8. The SMILES string of the molecule is CS(=O)(=O)N(CC(=O)NCCCSCc1ccc(Cl)cc1)c1ccc2c(c1)OCCO2. The maximum absolute atomic E-state index is 12.4. The molecule has 0 atom stereocenters. The van der Waals surface area contributed by atoms with Crippen molar-refractivity contribution in [1.82, 2.24) is 5.32 Å². The number of hydrogen-bond donors (Lipinski definition) is 1. The van der Waals surface area contributed by atoms with E-state index in [0.29, 0.717) is 36.9 Å². The topological polar surface area (TPSA) is 84.9 Å². The minimum Gasteiger partial charge on any atom is -0.486 e. The van der Waals surface area contributed by atoms with Gasteiger partial charge in [0, 0.05) is 23.4 Å². The molecule has 1 aliphatic heterocycles. The molecule has 168 valence electrons. The molecule has 7 nitrogen and oxygen atoms in total. The number of hydrogen-bond acceptors (Lipinski definition) is 6. The lowest BCUT2D eigenvalue weighted by atomic mass is 10.2. The van der Waals surface area contributed by atoms with Crippen LogP contribution in [0.4, 0.5) is 5.69 Å². The summed E-state index contributed by atoms with van der Waals surface area (Å²) in [6.07, 6.45) is 1.86. The van der Waals surface area contributed by atoms with Gasteiger partial charge in [0.1, 0.15) is 19.8 Å². The zero-order valence-electron chi connectivity index (χ0n) is 17.2. The molecule has 1 heterocycles. The van der Waals surface area contributed by atoms with Gasteiger partial charge in [-0.25, -0.2) is 8.42 Å². The third-order valence-corrected chi connectivity index (χ3v) is 6.98. The second-order valence-corrected chi connectivity index (χ2v) is 10.4. The van der Waals surface area contributed by atoms with Gasteiger partial charge in [-0.2, -0.15) is 11.8 Å². The molecule has 0 bridgehead atoms. The number of benzene rings is 2. The standard InChI is InChI=1S/C21H25ClN2O5S2/c1-31(26,27)24(18-7-8-19-20(13-18)29-11-10-28-19)14-21(25)23-9-2-12-30-15-16-3-5-17(22)6-4-16/h3-8,13H,2,9-12,14-15H2,1H3,(H,23,25). The van der Waals surface area contributed by atoms with Crippen LogP contribution in [0, 0.1) is 0 Å². The number of nitrogens with zero attached hydrogens (tertiary/aromatic N) is 1. The summed E-state index contributed by atoms with van der Waals surface area (Å²) in [5.41, 5.74) is 1.56. The number of nitrogens with one attached hydrogen (secondary N) is 1. The molecule has 2 aromatic carbocycles. The maximum atomic E-state index is 12.4. The highest BCUT2D eigenvalue weighted by Gasteiger charge is 2.23. The molecular weight excluding hydrogens is 460 g/mol. The number of amides is 1. The number of fused-ring (bicyclic) bond motifs is 1. The van der Waals surface area contributed by atoms with E-state index in [1.54, 1.807) is 30.0 Å². The molecular formula is C21H25ClN2O5S2. The van der Waals surface area contributed by atoms with Gasteiger partial charge in [0.05, 0.1) is 11.9 Å². The van der Waals surface area contributed by atoms with Gasteiger partial charge < -0.3 is 14.8 Å². The van der Waals surface area contributed by atoms with Crippen LogP contribution in [0.2, 0.25) is 5.02 Å². The molecule has 0 spiro atoms. The van der Waals surface area contributed by atoms with E-state index in [9.17, 15) is 13.2 Å². The molecule has 0 fully saturated rings. The van der Waals surface area contributed by atoms with Crippen LogP contribution < -0.4 is 19.1 Å². The molecule has 0 unspecified atom stereocenters. The fourth-order valence-electron chi connectivity index (χ4n) is 2.95. The van der Waals surface area contributed by atoms with Gasteiger partial charge >= 0.3 is 0 Å². The van der Waals surface area contributed by atoms with Gasteiger partial charge in [-0.05, 0) is 42.0 Å². The molecule has 1 amide bonds. The predicted molar refractivity (Wildman–Crippen MR) is 125 cm³/mol. The summed E-state index contributed by atoms with van der Waals surface area (Å²) in [4.78, 5) is 12.4. The monoisotopic (exact) mass is 484 g/mol. The Morgan fingerprint density at radius 2 is 1.84 bits per heavy atom. The molecule has 0 saturated heterocycles. The molecule has 0 aromatic heterocycles. The van der Waals surface area contributed by atoms with Crippen molar-refractivity contribution in [2.24, 2.45) is 0 Å². The highest BCUT2D eigenvalue weighted by molar-refractivity contribution is 7.98. The van der Waals surface area contributed by atoms with Crippen LogP contribution in [-0.2, 0) is 20.6 Å². The van der Waals surface area contributed by atoms with Crippen molar-refractivity contribution in [3.63, 3.8) is 0 Å². The first-order valence-corrected chi connectivity index (χ1v) is 13.2. The van der Waals surface area contributed by atoms with E-state index < -0.39 is 10.0 Å². The molecule has 1 N–H and O–H groups in total. The van der Waals surface area contributed by atoms with Gasteiger partial charge in [0.25, 0.3) is 0 Å². The van der Waals surface area contributed by atoms with Gasteiger partial charge in [-0.1, -0.05) is 23.7 Å². The van der Waals surface area contributed by atoms with E-state index in [1.165, 1.54) is 5.56 Å². The molecule has 0 saturated carbocycles. The van der Waals surface area contributed by atoms with Crippen molar-refractivity contribution in [2.45, 2.75) is 12.2 Å². The molecule has 10 heteroatoms. The molecule has 1 aliphatic rings. The molecule has 3 rings (SSSR count). The third-order valence-electron chi connectivity index (χ3n) is 4.47. The normalized spacial score (nSPS) is 13.0. The van der Waals surface area contributed by atoms with Crippen molar-refractivity contribution in [1.29, 1.82) is 0 Å². The highest BCUT2D eigenvalue weighted by atomic mass is 35.5. The van der Waals surface area contributed by atoms with Crippen molar-refractivity contribution in [3.8, 4) is 11.5 Å². The summed E-state index contributed by atoms with van der Waals surface area (Å²) in [7, 11) is -3.65. The van der Waals surface area contributed by atoms with Crippen molar-refractivity contribution < 1.29 is 22.7 Å². The number of thioether (sulfide) groups is 1. The lowest BCUT2D eigenvalue weighted by Gasteiger charge is -2.24. The van der Waals surface area contributed by atoms with Crippen molar-refractivity contribution in [2.75, 3.05) is 42.6 Å². The maximum Gasteiger partial charge on any atom is 0.240 e. The Hall–Kier alpha value is -2.10. The quantitative estimate of drug-likeness (QED) is 0.521. The molecule has 2 aromatic rings. The number of ether oxygens (including phenoxy) is 2. The molecule has 0 aliphatic carbocycles. The Morgan fingerprint density at radius 1 is 1.13 bits per heavy atom. The van der Waals surface area contributed by atoms with E-state index in [4.69, 9.17) is 21.1 Å². The number of halogens is 1. The van der Waals surface area contributed by atoms with Crippen LogP contribution in [0.15, 0.2) is 42.5 Å². The van der Waals surface area contributed by atoms with E-state index in [0.717, 1.165) is 33.5 Å². The number of carbonyl (C=O) groups excluding carboxylic acids is 1. The summed E-state index contributed by atoms with van der Waals surface area (Å²) in [6, 6.07) is 12.6. The van der Waals surface area contributed by atoms with Crippen LogP contribution in [0.3, 0.4) is 0 Å². The second kappa shape index (κ2) is 11.0. The van der Waals surface area contributed by atoms with Crippen LogP contribution in [0.5, 0.6) is 11.5 Å².